The Hall–Kier alpha value is -2.03. The first kappa shape index (κ1) is 12.4. The minimum atomic E-state index is -0.355. The van der Waals surface area contributed by atoms with Crippen LogP contribution in [0.1, 0.15) is 16.7 Å². The summed E-state index contributed by atoms with van der Waals surface area (Å²) in [6.45, 7) is 4.52. The Morgan fingerprint density at radius 2 is 1.72 bits per heavy atom. The highest BCUT2D eigenvalue weighted by Crippen LogP contribution is 2.23. The van der Waals surface area contributed by atoms with Crippen molar-refractivity contribution in [2.24, 2.45) is 0 Å². The Labute approximate surface area is 106 Å². The predicted octanol–water partition coefficient (Wildman–Crippen LogP) is 3.60. The molecule has 2 aromatic carbocycles. The third-order valence-electron chi connectivity index (χ3n) is 2.65. The highest BCUT2D eigenvalue weighted by Gasteiger charge is 2.03. The first-order chi connectivity index (χ1) is 8.54. The molecule has 18 heavy (non-hydrogen) atoms. The van der Waals surface area contributed by atoms with Crippen molar-refractivity contribution in [1.29, 1.82) is 0 Å². The number of nitrogen functional groups attached to an aromatic ring is 1. The Kier molecular flexibility index (Phi) is 3.51. The molecule has 0 saturated carbocycles. The smallest absolute Gasteiger partial charge is 0.142 e. The van der Waals surface area contributed by atoms with Gasteiger partial charge in [0.2, 0.25) is 0 Å². The van der Waals surface area contributed by atoms with Crippen molar-refractivity contribution in [2.75, 3.05) is 5.73 Å². The van der Waals surface area contributed by atoms with Gasteiger partial charge in [-0.25, -0.2) is 4.39 Å². The first-order valence-corrected chi connectivity index (χ1v) is 5.79. The molecule has 0 aliphatic heterocycles. The third-order valence-corrected chi connectivity index (χ3v) is 2.65. The molecule has 2 rings (SSSR count). The zero-order chi connectivity index (χ0) is 13.1. The van der Waals surface area contributed by atoms with E-state index >= 15 is 0 Å². The summed E-state index contributed by atoms with van der Waals surface area (Å²) in [7, 11) is 0. The molecule has 0 aliphatic carbocycles. The molecule has 0 bridgehead atoms. The summed E-state index contributed by atoms with van der Waals surface area (Å²) in [5.41, 5.74) is 9.47. The summed E-state index contributed by atoms with van der Waals surface area (Å²) in [6.07, 6.45) is 0. The van der Waals surface area contributed by atoms with Crippen LogP contribution in [-0.2, 0) is 6.61 Å². The maximum atomic E-state index is 12.9. The minimum Gasteiger partial charge on any atom is -0.487 e. The molecule has 0 spiro atoms. The number of ether oxygens (including phenoxy) is 1. The molecule has 0 aliphatic rings. The number of benzene rings is 2. The van der Waals surface area contributed by atoms with E-state index in [4.69, 9.17) is 10.5 Å². The summed E-state index contributed by atoms with van der Waals surface area (Å²) >= 11 is 0. The monoisotopic (exact) mass is 245 g/mol. The zero-order valence-corrected chi connectivity index (χ0v) is 10.5. The third kappa shape index (κ3) is 3.00. The van der Waals surface area contributed by atoms with Gasteiger partial charge in [0, 0.05) is 6.07 Å². The van der Waals surface area contributed by atoms with Crippen LogP contribution < -0.4 is 10.5 Å². The number of hydrogen-bond donors (Lipinski definition) is 1. The summed E-state index contributed by atoms with van der Waals surface area (Å²) in [6, 6.07) is 10.4. The Balaban J connectivity index is 2.11. The number of hydrogen-bond acceptors (Lipinski definition) is 2. The molecule has 2 N–H and O–H groups in total. The molecular weight excluding hydrogens is 229 g/mol. The average Bonchev–Trinajstić information content (AvgIpc) is 2.26. The highest BCUT2D eigenvalue weighted by atomic mass is 19.1. The molecule has 0 radical (unpaired) electrons. The zero-order valence-electron chi connectivity index (χ0n) is 10.5. The van der Waals surface area contributed by atoms with Gasteiger partial charge in [0.05, 0.1) is 5.69 Å². The Morgan fingerprint density at radius 3 is 2.33 bits per heavy atom. The lowest BCUT2D eigenvalue weighted by molar-refractivity contribution is 0.307. The number of anilines is 1. The van der Waals surface area contributed by atoms with Gasteiger partial charge < -0.3 is 10.5 Å². The van der Waals surface area contributed by atoms with Gasteiger partial charge in [-0.05, 0) is 31.5 Å². The van der Waals surface area contributed by atoms with Crippen LogP contribution in [0.2, 0.25) is 0 Å². The summed E-state index contributed by atoms with van der Waals surface area (Å²) in [5.74, 6) is 0.154. The predicted molar refractivity (Wildman–Crippen MR) is 71.1 cm³/mol. The van der Waals surface area contributed by atoms with E-state index in [-0.39, 0.29) is 5.82 Å². The van der Waals surface area contributed by atoms with E-state index in [9.17, 15) is 4.39 Å². The van der Waals surface area contributed by atoms with Crippen molar-refractivity contribution in [3.05, 3.63) is 58.9 Å². The number of nitrogens with two attached hydrogens (primary N) is 1. The van der Waals surface area contributed by atoms with Crippen LogP contribution in [0, 0.1) is 19.7 Å². The molecule has 0 atom stereocenters. The normalized spacial score (nSPS) is 10.4. The van der Waals surface area contributed by atoms with Crippen molar-refractivity contribution in [1.82, 2.24) is 0 Å². The van der Waals surface area contributed by atoms with Crippen LogP contribution in [0.15, 0.2) is 36.4 Å². The van der Waals surface area contributed by atoms with Crippen LogP contribution in [-0.4, -0.2) is 0 Å². The average molecular weight is 245 g/mol. The maximum Gasteiger partial charge on any atom is 0.142 e. The summed E-state index contributed by atoms with van der Waals surface area (Å²) < 4.78 is 18.5. The largest absolute Gasteiger partial charge is 0.487 e. The molecule has 0 saturated heterocycles. The van der Waals surface area contributed by atoms with Gasteiger partial charge in [0.25, 0.3) is 0 Å². The summed E-state index contributed by atoms with van der Waals surface area (Å²) in [4.78, 5) is 0. The molecule has 0 unspecified atom stereocenters. The van der Waals surface area contributed by atoms with E-state index in [0.29, 0.717) is 18.0 Å². The molecule has 3 heteroatoms. The van der Waals surface area contributed by atoms with Crippen LogP contribution in [0.5, 0.6) is 5.75 Å². The van der Waals surface area contributed by atoms with Crippen LogP contribution in [0.3, 0.4) is 0 Å². The minimum absolute atomic E-state index is 0.319. The van der Waals surface area contributed by atoms with E-state index in [2.05, 4.69) is 18.2 Å². The van der Waals surface area contributed by atoms with Gasteiger partial charge in [-0.3, -0.25) is 0 Å². The first-order valence-electron chi connectivity index (χ1n) is 5.79. The van der Waals surface area contributed by atoms with Crippen molar-refractivity contribution >= 4 is 5.69 Å². The van der Waals surface area contributed by atoms with E-state index < -0.39 is 0 Å². The van der Waals surface area contributed by atoms with Gasteiger partial charge in [0.15, 0.2) is 0 Å². The van der Waals surface area contributed by atoms with Crippen molar-refractivity contribution in [3.8, 4) is 5.75 Å². The molecule has 94 valence electrons. The lowest BCUT2D eigenvalue weighted by Gasteiger charge is -2.10. The Morgan fingerprint density at radius 1 is 1.06 bits per heavy atom. The van der Waals surface area contributed by atoms with Gasteiger partial charge >= 0.3 is 0 Å². The molecule has 0 amide bonds. The van der Waals surface area contributed by atoms with Crippen molar-refractivity contribution < 1.29 is 9.13 Å². The standard InChI is InChI=1S/C15H16FNO/c1-10-5-11(2)7-12(6-10)9-18-15-4-3-13(16)8-14(15)17/h3-8H,9,17H2,1-2H3. The topological polar surface area (TPSA) is 35.2 Å². The molecular formula is C15H16FNO. The van der Waals surface area contributed by atoms with E-state index in [1.165, 1.54) is 23.3 Å². The number of aryl methyl sites for hydroxylation is 2. The SMILES string of the molecule is Cc1cc(C)cc(COc2ccc(F)cc2N)c1. The van der Waals surface area contributed by atoms with Gasteiger partial charge in [-0.1, -0.05) is 29.3 Å². The van der Waals surface area contributed by atoms with E-state index in [1.807, 2.05) is 13.8 Å². The van der Waals surface area contributed by atoms with Crippen molar-refractivity contribution in [3.63, 3.8) is 0 Å². The van der Waals surface area contributed by atoms with Gasteiger partial charge in [-0.2, -0.15) is 0 Å². The Bertz CT molecular complexity index is 546. The molecule has 0 heterocycles. The number of rotatable bonds is 3. The molecule has 2 nitrogen and oxygen atoms in total. The van der Waals surface area contributed by atoms with Crippen molar-refractivity contribution in [2.45, 2.75) is 20.5 Å². The second kappa shape index (κ2) is 5.08. The fourth-order valence-corrected chi connectivity index (χ4v) is 1.96. The van der Waals surface area contributed by atoms with Gasteiger partial charge in [0.1, 0.15) is 18.2 Å². The molecule has 0 fully saturated rings. The maximum absolute atomic E-state index is 12.9. The van der Waals surface area contributed by atoms with Gasteiger partial charge in [-0.15, -0.1) is 0 Å². The fraction of sp³-hybridized carbons (Fsp3) is 0.200. The lowest BCUT2D eigenvalue weighted by atomic mass is 10.1. The highest BCUT2D eigenvalue weighted by molar-refractivity contribution is 5.52. The fourth-order valence-electron chi connectivity index (χ4n) is 1.96. The van der Waals surface area contributed by atoms with Crippen LogP contribution in [0.25, 0.3) is 0 Å². The van der Waals surface area contributed by atoms with E-state index in [1.54, 1.807) is 6.07 Å². The lowest BCUT2D eigenvalue weighted by Crippen LogP contribution is -2.00. The second-order valence-electron chi connectivity index (χ2n) is 4.47. The summed E-state index contributed by atoms with van der Waals surface area (Å²) in [5, 5.41) is 0. The molecule has 2 aromatic rings. The van der Waals surface area contributed by atoms with Crippen LogP contribution in [0.4, 0.5) is 10.1 Å². The van der Waals surface area contributed by atoms with E-state index in [0.717, 1.165) is 5.56 Å². The quantitative estimate of drug-likeness (QED) is 0.838. The molecule has 0 aromatic heterocycles. The van der Waals surface area contributed by atoms with Crippen LogP contribution >= 0.6 is 0 Å². The number of halogens is 1. The second-order valence-corrected chi connectivity index (χ2v) is 4.47.